The Bertz CT molecular complexity index is 302. The number of nitrogens with one attached hydrogen (secondary N) is 1. The maximum atomic E-state index is 11.8. The summed E-state index contributed by atoms with van der Waals surface area (Å²) < 4.78 is 0. The molecule has 1 unspecified atom stereocenters. The first kappa shape index (κ1) is 16.2. The van der Waals surface area contributed by atoms with Crippen molar-refractivity contribution in [3.05, 3.63) is 0 Å². The highest BCUT2D eigenvalue weighted by molar-refractivity contribution is 5.91. The molecule has 0 spiro atoms. The number of carbonyl (C=O) groups is 2. The Kier molecular flexibility index (Phi) is 5.42. The quantitative estimate of drug-likeness (QED) is 0.744. The minimum Gasteiger partial charge on any atom is -0.344 e. The van der Waals surface area contributed by atoms with Gasteiger partial charge in [0.15, 0.2) is 0 Å². The molecule has 2 atom stereocenters. The molecule has 1 rings (SSSR count). The van der Waals surface area contributed by atoms with E-state index in [1.807, 2.05) is 20.8 Å². The van der Waals surface area contributed by atoms with Gasteiger partial charge in [-0.05, 0) is 11.8 Å². The van der Waals surface area contributed by atoms with Gasteiger partial charge in [-0.2, -0.15) is 0 Å². The van der Waals surface area contributed by atoms with Gasteiger partial charge in [0.1, 0.15) is 6.04 Å². The minimum atomic E-state index is -0.591. The predicted molar refractivity (Wildman–Crippen MR) is 68.9 cm³/mol. The van der Waals surface area contributed by atoms with Crippen LogP contribution in [0.15, 0.2) is 0 Å². The van der Waals surface area contributed by atoms with Crippen molar-refractivity contribution in [2.75, 3.05) is 13.6 Å². The molecule has 5 nitrogen and oxygen atoms in total. The Morgan fingerprint density at radius 2 is 2.06 bits per heavy atom. The Morgan fingerprint density at radius 1 is 1.53 bits per heavy atom. The number of nitrogens with zero attached hydrogens (tertiary/aromatic N) is 1. The summed E-state index contributed by atoms with van der Waals surface area (Å²) in [5.74, 6) is -0.282. The van der Waals surface area contributed by atoms with E-state index in [-0.39, 0.29) is 29.6 Å². The third-order valence-electron chi connectivity index (χ3n) is 2.96. The van der Waals surface area contributed by atoms with Gasteiger partial charge in [0.25, 0.3) is 0 Å². The third-order valence-corrected chi connectivity index (χ3v) is 2.96. The summed E-state index contributed by atoms with van der Waals surface area (Å²) in [6.45, 7) is 6.40. The van der Waals surface area contributed by atoms with E-state index in [9.17, 15) is 9.59 Å². The molecule has 0 aliphatic carbocycles. The summed E-state index contributed by atoms with van der Waals surface area (Å²) in [7, 11) is 1.73. The summed E-state index contributed by atoms with van der Waals surface area (Å²) in [5.41, 5.74) is 5.52. The lowest BCUT2D eigenvalue weighted by Crippen LogP contribution is -2.52. The van der Waals surface area contributed by atoms with E-state index in [0.29, 0.717) is 13.0 Å². The van der Waals surface area contributed by atoms with Crippen molar-refractivity contribution in [3.8, 4) is 0 Å². The molecule has 0 aromatic carbocycles. The van der Waals surface area contributed by atoms with E-state index in [2.05, 4.69) is 5.32 Å². The molecule has 17 heavy (non-hydrogen) atoms. The molecule has 0 aromatic rings. The Balaban J connectivity index is 0.00000256. The average Bonchev–Trinajstić information content (AvgIpc) is 2.47. The van der Waals surface area contributed by atoms with Crippen LogP contribution >= 0.6 is 12.4 Å². The fourth-order valence-corrected chi connectivity index (χ4v) is 1.61. The van der Waals surface area contributed by atoms with Crippen LogP contribution < -0.4 is 11.1 Å². The monoisotopic (exact) mass is 263 g/mol. The van der Waals surface area contributed by atoms with Crippen molar-refractivity contribution in [1.29, 1.82) is 0 Å². The van der Waals surface area contributed by atoms with E-state index in [4.69, 9.17) is 5.73 Å². The lowest BCUT2D eigenvalue weighted by atomic mass is 9.87. The van der Waals surface area contributed by atoms with Gasteiger partial charge < -0.3 is 16.0 Å². The normalized spacial score (nSPS) is 22.1. The number of halogens is 1. The van der Waals surface area contributed by atoms with Crippen molar-refractivity contribution in [2.45, 2.75) is 39.3 Å². The second-order valence-corrected chi connectivity index (χ2v) is 5.45. The number of likely N-dealkylation sites (N-methyl/N-ethyl adjacent to an activating group) is 1. The van der Waals surface area contributed by atoms with Crippen LogP contribution in [0.1, 0.15) is 27.2 Å². The first-order chi connectivity index (χ1) is 7.23. The number of likely N-dealkylation sites (tertiary alicyclic amines) is 1. The number of amides is 2. The second kappa shape index (κ2) is 5.69. The first-order valence-electron chi connectivity index (χ1n) is 5.54. The third kappa shape index (κ3) is 3.85. The van der Waals surface area contributed by atoms with Gasteiger partial charge in [-0.3, -0.25) is 9.59 Å². The van der Waals surface area contributed by atoms with E-state index >= 15 is 0 Å². The molecule has 1 aliphatic rings. The molecule has 6 heteroatoms. The van der Waals surface area contributed by atoms with Crippen molar-refractivity contribution in [3.63, 3.8) is 0 Å². The van der Waals surface area contributed by atoms with E-state index in [1.165, 1.54) is 0 Å². The summed E-state index contributed by atoms with van der Waals surface area (Å²) in [6, 6.07) is -0.989. The molecule has 3 N–H and O–H groups in total. The first-order valence-corrected chi connectivity index (χ1v) is 5.54. The highest BCUT2D eigenvalue weighted by Crippen LogP contribution is 2.18. The Labute approximate surface area is 109 Å². The van der Waals surface area contributed by atoms with Gasteiger partial charge in [-0.15, -0.1) is 12.4 Å². The standard InChI is InChI=1S/C11H21N3O2.ClH/c1-11(2,3)8(12)9(15)13-7-5-6-14(4)10(7)16;/h7-8H,5-6,12H2,1-4H3,(H,13,15);1H/t7?,8-;/m1./s1. The lowest BCUT2D eigenvalue weighted by molar-refractivity contribution is -0.133. The van der Waals surface area contributed by atoms with Crippen molar-refractivity contribution in [1.82, 2.24) is 10.2 Å². The van der Waals surface area contributed by atoms with Gasteiger partial charge in [0, 0.05) is 13.6 Å². The fraction of sp³-hybridized carbons (Fsp3) is 0.818. The van der Waals surface area contributed by atoms with Crippen LogP contribution in [-0.4, -0.2) is 42.4 Å². The molecule has 1 saturated heterocycles. The highest BCUT2D eigenvalue weighted by Gasteiger charge is 2.34. The number of hydrogen-bond acceptors (Lipinski definition) is 3. The van der Waals surface area contributed by atoms with E-state index < -0.39 is 12.1 Å². The number of hydrogen-bond donors (Lipinski definition) is 2. The topological polar surface area (TPSA) is 75.4 Å². The summed E-state index contributed by atoms with van der Waals surface area (Å²) in [4.78, 5) is 25.0. The molecular weight excluding hydrogens is 242 g/mol. The van der Waals surface area contributed by atoms with Gasteiger partial charge in [0.05, 0.1) is 6.04 Å². The molecule has 1 heterocycles. The van der Waals surface area contributed by atoms with Gasteiger partial charge in [-0.25, -0.2) is 0 Å². The SMILES string of the molecule is CN1CCC(NC(=O)[C@@H](N)C(C)(C)C)C1=O.Cl. The zero-order valence-corrected chi connectivity index (χ0v) is 11.6. The van der Waals surface area contributed by atoms with Crippen molar-refractivity contribution in [2.24, 2.45) is 11.1 Å². The number of rotatable bonds is 2. The van der Waals surface area contributed by atoms with Crippen LogP contribution in [0.4, 0.5) is 0 Å². The van der Waals surface area contributed by atoms with Crippen LogP contribution in [0.2, 0.25) is 0 Å². The smallest absolute Gasteiger partial charge is 0.244 e. The number of carbonyl (C=O) groups excluding carboxylic acids is 2. The van der Waals surface area contributed by atoms with Crippen molar-refractivity contribution >= 4 is 24.2 Å². The molecule has 0 radical (unpaired) electrons. The molecule has 0 aromatic heterocycles. The average molecular weight is 264 g/mol. The summed E-state index contributed by atoms with van der Waals surface area (Å²) in [6.07, 6.45) is 0.665. The molecule has 1 fully saturated rings. The molecular formula is C11H22ClN3O2. The second-order valence-electron chi connectivity index (χ2n) is 5.45. The van der Waals surface area contributed by atoms with Crippen LogP contribution in [0.25, 0.3) is 0 Å². The zero-order valence-electron chi connectivity index (χ0n) is 10.8. The molecule has 0 bridgehead atoms. The fourth-order valence-electron chi connectivity index (χ4n) is 1.61. The number of nitrogens with two attached hydrogens (primary N) is 1. The maximum absolute atomic E-state index is 11.8. The summed E-state index contributed by atoms with van der Waals surface area (Å²) >= 11 is 0. The Hall–Kier alpha value is -0.810. The minimum absolute atomic E-state index is 0. The van der Waals surface area contributed by atoms with Gasteiger partial charge in [-0.1, -0.05) is 20.8 Å². The van der Waals surface area contributed by atoms with E-state index in [1.54, 1.807) is 11.9 Å². The summed E-state index contributed by atoms with van der Waals surface area (Å²) in [5, 5.41) is 2.71. The van der Waals surface area contributed by atoms with Crippen LogP contribution in [0.3, 0.4) is 0 Å². The van der Waals surface area contributed by atoms with Gasteiger partial charge >= 0.3 is 0 Å². The molecule has 1 aliphatic heterocycles. The molecule has 0 saturated carbocycles. The maximum Gasteiger partial charge on any atom is 0.244 e. The van der Waals surface area contributed by atoms with Crippen molar-refractivity contribution < 1.29 is 9.59 Å². The molecule has 100 valence electrons. The highest BCUT2D eigenvalue weighted by atomic mass is 35.5. The largest absolute Gasteiger partial charge is 0.344 e. The van der Waals surface area contributed by atoms with Gasteiger partial charge in [0.2, 0.25) is 11.8 Å². The van der Waals surface area contributed by atoms with Crippen LogP contribution in [-0.2, 0) is 9.59 Å². The predicted octanol–water partition coefficient (Wildman–Crippen LogP) is 0.129. The lowest BCUT2D eigenvalue weighted by Gasteiger charge is -2.26. The van der Waals surface area contributed by atoms with E-state index in [0.717, 1.165) is 0 Å². The Morgan fingerprint density at radius 3 is 2.41 bits per heavy atom. The zero-order chi connectivity index (χ0) is 12.5. The van der Waals surface area contributed by atoms with Crippen LogP contribution in [0, 0.1) is 5.41 Å². The van der Waals surface area contributed by atoms with Crippen LogP contribution in [0.5, 0.6) is 0 Å². The molecule has 2 amide bonds.